The number of nitrogens with two attached hydrogens (primary N) is 1. The van der Waals surface area contributed by atoms with E-state index in [4.69, 9.17) is 22.1 Å². The normalized spacial score (nSPS) is 14.1. The summed E-state index contributed by atoms with van der Waals surface area (Å²) in [7, 11) is 1.59. The van der Waals surface area contributed by atoms with Gasteiger partial charge >= 0.3 is 0 Å². The minimum Gasteiger partial charge on any atom is -0.385 e. The highest BCUT2D eigenvalue weighted by Crippen LogP contribution is 2.23. The molecular formula is C15H23ClN2O2. The van der Waals surface area contributed by atoms with Crippen LogP contribution >= 0.6 is 11.6 Å². The molecule has 0 fully saturated rings. The number of hydrogen-bond acceptors (Lipinski definition) is 3. The number of amides is 1. The van der Waals surface area contributed by atoms with Crippen LogP contribution in [0.1, 0.15) is 31.9 Å². The van der Waals surface area contributed by atoms with Gasteiger partial charge < -0.3 is 15.8 Å². The van der Waals surface area contributed by atoms with Crippen molar-refractivity contribution in [1.82, 2.24) is 5.32 Å². The van der Waals surface area contributed by atoms with Crippen molar-refractivity contribution in [3.63, 3.8) is 0 Å². The molecule has 1 rings (SSSR count). The number of hydrogen-bond donors (Lipinski definition) is 2. The zero-order valence-electron chi connectivity index (χ0n) is 12.2. The SMILES string of the molecule is COCCC(N)C(=O)NC(c1ccc(Cl)cc1)C(C)C. The third-order valence-electron chi connectivity index (χ3n) is 3.16. The second-order valence-electron chi connectivity index (χ2n) is 5.17. The molecule has 0 aliphatic heterocycles. The molecular weight excluding hydrogens is 276 g/mol. The number of benzene rings is 1. The lowest BCUT2D eigenvalue weighted by atomic mass is 9.95. The van der Waals surface area contributed by atoms with Crippen molar-refractivity contribution < 1.29 is 9.53 Å². The Morgan fingerprint density at radius 1 is 1.35 bits per heavy atom. The van der Waals surface area contributed by atoms with Crippen molar-refractivity contribution in [2.75, 3.05) is 13.7 Å². The fraction of sp³-hybridized carbons (Fsp3) is 0.533. The third kappa shape index (κ3) is 5.12. The molecule has 0 radical (unpaired) electrons. The fourth-order valence-corrected chi connectivity index (χ4v) is 2.07. The third-order valence-corrected chi connectivity index (χ3v) is 3.42. The predicted molar refractivity (Wildman–Crippen MR) is 81.6 cm³/mol. The van der Waals surface area contributed by atoms with E-state index in [1.165, 1.54) is 0 Å². The van der Waals surface area contributed by atoms with Gasteiger partial charge in [-0.25, -0.2) is 0 Å². The van der Waals surface area contributed by atoms with Crippen LogP contribution in [0.5, 0.6) is 0 Å². The van der Waals surface area contributed by atoms with Gasteiger partial charge in [0, 0.05) is 18.7 Å². The summed E-state index contributed by atoms with van der Waals surface area (Å²) in [5, 5.41) is 3.68. The van der Waals surface area contributed by atoms with Crippen LogP contribution in [-0.4, -0.2) is 25.7 Å². The summed E-state index contributed by atoms with van der Waals surface area (Å²) in [4.78, 5) is 12.1. The van der Waals surface area contributed by atoms with Crippen molar-refractivity contribution in [2.45, 2.75) is 32.4 Å². The standard InChI is InChI=1S/C15H23ClN2O2/c1-10(2)14(11-4-6-12(16)7-5-11)18-15(19)13(17)8-9-20-3/h4-7,10,13-14H,8-9,17H2,1-3H3,(H,18,19). The van der Waals surface area contributed by atoms with Crippen LogP contribution in [0, 0.1) is 5.92 Å². The maximum atomic E-state index is 12.1. The van der Waals surface area contributed by atoms with E-state index in [0.717, 1.165) is 5.56 Å². The van der Waals surface area contributed by atoms with E-state index in [1.807, 2.05) is 24.3 Å². The molecule has 0 spiro atoms. The molecule has 1 aromatic carbocycles. The Morgan fingerprint density at radius 2 is 1.95 bits per heavy atom. The maximum Gasteiger partial charge on any atom is 0.237 e. The van der Waals surface area contributed by atoms with E-state index >= 15 is 0 Å². The summed E-state index contributed by atoms with van der Waals surface area (Å²) in [6.07, 6.45) is 0.508. The molecule has 3 N–H and O–H groups in total. The molecule has 1 aromatic rings. The number of nitrogens with one attached hydrogen (secondary N) is 1. The number of ether oxygens (including phenoxy) is 1. The summed E-state index contributed by atoms with van der Waals surface area (Å²) in [5.41, 5.74) is 6.87. The molecule has 4 nitrogen and oxygen atoms in total. The van der Waals surface area contributed by atoms with Crippen molar-refractivity contribution in [3.05, 3.63) is 34.9 Å². The van der Waals surface area contributed by atoms with Gasteiger partial charge in [0.25, 0.3) is 0 Å². The topological polar surface area (TPSA) is 64.3 Å². The van der Waals surface area contributed by atoms with Gasteiger partial charge in [-0.05, 0) is 30.0 Å². The zero-order chi connectivity index (χ0) is 15.1. The van der Waals surface area contributed by atoms with E-state index in [0.29, 0.717) is 18.1 Å². The monoisotopic (exact) mass is 298 g/mol. The average molecular weight is 299 g/mol. The predicted octanol–water partition coefficient (Wildman–Crippen LogP) is 2.52. The van der Waals surface area contributed by atoms with E-state index in [-0.39, 0.29) is 17.9 Å². The van der Waals surface area contributed by atoms with Crippen LogP contribution in [0.15, 0.2) is 24.3 Å². The molecule has 1 amide bonds. The molecule has 2 atom stereocenters. The van der Waals surface area contributed by atoms with E-state index < -0.39 is 6.04 Å². The molecule has 112 valence electrons. The minimum absolute atomic E-state index is 0.0756. The van der Waals surface area contributed by atoms with Gasteiger partial charge in [0.1, 0.15) is 0 Å². The van der Waals surface area contributed by atoms with Gasteiger partial charge in [0.2, 0.25) is 5.91 Å². The lowest BCUT2D eigenvalue weighted by Gasteiger charge is -2.24. The first-order valence-electron chi connectivity index (χ1n) is 6.76. The average Bonchev–Trinajstić information content (AvgIpc) is 2.42. The van der Waals surface area contributed by atoms with E-state index in [2.05, 4.69) is 19.2 Å². The van der Waals surface area contributed by atoms with Crippen LogP contribution in [-0.2, 0) is 9.53 Å². The first-order chi connectivity index (χ1) is 9.45. The Balaban J connectivity index is 2.72. The maximum absolute atomic E-state index is 12.1. The van der Waals surface area contributed by atoms with Gasteiger partial charge in [-0.2, -0.15) is 0 Å². The van der Waals surface area contributed by atoms with Crippen molar-refractivity contribution in [2.24, 2.45) is 11.7 Å². The van der Waals surface area contributed by atoms with Gasteiger partial charge in [-0.3, -0.25) is 4.79 Å². The summed E-state index contributed by atoms with van der Waals surface area (Å²) in [6.45, 7) is 4.59. The summed E-state index contributed by atoms with van der Waals surface area (Å²) < 4.78 is 4.94. The molecule has 0 aliphatic carbocycles. The van der Waals surface area contributed by atoms with E-state index in [9.17, 15) is 4.79 Å². The first kappa shape index (κ1) is 17.0. The largest absolute Gasteiger partial charge is 0.385 e. The second kappa shape index (κ2) is 8.25. The zero-order valence-corrected chi connectivity index (χ0v) is 13.0. The lowest BCUT2D eigenvalue weighted by Crippen LogP contribution is -2.44. The number of carbonyl (C=O) groups excluding carboxylic acids is 1. The van der Waals surface area contributed by atoms with Crippen LogP contribution in [0.25, 0.3) is 0 Å². The number of rotatable bonds is 7. The Morgan fingerprint density at radius 3 is 2.45 bits per heavy atom. The Kier molecular flexibility index (Phi) is 6.99. The summed E-state index contributed by atoms with van der Waals surface area (Å²) in [6, 6.07) is 6.87. The minimum atomic E-state index is -0.552. The van der Waals surface area contributed by atoms with Crippen molar-refractivity contribution >= 4 is 17.5 Å². The number of halogens is 1. The van der Waals surface area contributed by atoms with Crippen LogP contribution in [0.3, 0.4) is 0 Å². The van der Waals surface area contributed by atoms with Crippen molar-refractivity contribution in [3.8, 4) is 0 Å². The second-order valence-corrected chi connectivity index (χ2v) is 5.61. The first-order valence-corrected chi connectivity index (χ1v) is 7.14. The van der Waals surface area contributed by atoms with Gasteiger partial charge in [-0.15, -0.1) is 0 Å². The van der Waals surface area contributed by atoms with Gasteiger partial charge in [-0.1, -0.05) is 37.6 Å². The Hall–Kier alpha value is -1.10. The van der Waals surface area contributed by atoms with E-state index in [1.54, 1.807) is 7.11 Å². The highest BCUT2D eigenvalue weighted by Gasteiger charge is 2.21. The molecule has 5 heteroatoms. The van der Waals surface area contributed by atoms with Gasteiger partial charge in [0.05, 0.1) is 12.1 Å². The number of methoxy groups -OCH3 is 1. The molecule has 0 saturated carbocycles. The van der Waals surface area contributed by atoms with Crippen LogP contribution in [0.2, 0.25) is 5.02 Å². The summed E-state index contributed by atoms with van der Waals surface area (Å²) >= 11 is 5.89. The smallest absolute Gasteiger partial charge is 0.237 e. The van der Waals surface area contributed by atoms with Crippen LogP contribution in [0.4, 0.5) is 0 Å². The highest BCUT2D eigenvalue weighted by atomic mass is 35.5. The molecule has 0 bridgehead atoms. The Bertz CT molecular complexity index is 420. The number of carbonyl (C=O) groups is 1. The molecule has 2 unspecified atom stereocenters. The summed E-state index contributed by atoms with van der Waals surface area (Å²) in [5.74, 6) is 0.102. The van der Waals surface area contributed by atoms with Crippen LogP contribution < -0.4 is 11.1 Å². The highest BCUT2D eigenvalue weighted by molar-refractivity contribution is 6.30. The molecule has 0 aliphatic rings. The van der Waals surface area contributed by atoms with Crippen molar-refractivity contribution in [1.29, 1.82) is 0 Å². The molecule has 0 aromatic heterocycles. The molecule has 0 saturated heterocycles. The molecule has 0 heterocycles. The Labute approximate surface area is 125 Å². The fourth-order valence-electron chi connectivity index (χ4n) is 1.94. The quantitative estimate of drug-likeness (QED) is 0.813. The molecule has 20 heavy (non-hydrogen) atoms. The van der Waals surface area contributed by atoms with Gasteiger partial charge in [0.15, 0.2) is 0 Å². The lowest BCUT2D eigenvalue weighted by molar-refractivity contribution is -0.123.